The lowest BCUT2D eigenvalue weighted by molar-refractivity contribution is 0.102. The second-order valence-electron chi connectivity index (χ2n) is 6.15. The van der Waals surface area contributed by atoms with Crippen LogP contribution in [0.3, 0.4) is 0 Å². The van der Waals surface area contributed by atoms with Gasteiger partial charge in [0.25, 0.3) is 5.91 Å². The normalized spacial score (nSPS) is 13.5. The monoisotopic (exact) mass is 337 g/mol. The van der Waals surface area contributed by atoms with E-state index in [1.54, 1.807) is 17.5 Å². The van der Waals surface area contributed by atoms with Gasteiger partial charge in [0.15, 0.2) is 0 Å². The topological polar surface area (TPSA) is 46.9 Å². The van der Waals surface area contributed by atoms with Crippen LogP contribution in [0.4, 0.5) is 5.69 Å². The molecule has 0 fully saturated rings. The molecule has 1 aromatic carbocycles. The Labute approximate surface area is 145 Å². The fraction of sp³-hybridized carbons (Fsp3) is 0.263. The average Bonchev–Trinajstić information content (AvgIpc) is 3.21. The van der Waals surface area contributed by atoms with Gasteiger partial charge in [0, 0.05) is 27.8 Å². The second kappa shape index (κ2) is 6.24. The summed E-state index contributed by atoms with van der Waals surface area (Å²) in [6.07, 6.45) is 6.32. The van der Waals surface area contributed by atoms with Gasteiger partial charge < -0.3 is 5.32 Å². The zero-order valence-electron chi connectivity index (χ0n) is 13.6. The number of anilines is 1. The van der Waals surface area contributed by atoms with Gasteiger partial charge in [0.1, 0.15) is 0 Å². The highest BCUT2D eigenvalue weighted by Crippen LogP contribution is 2.30. The zero-order chi connectivity index (χ0) is 16.5. The summed E-state index contributed by atoms with van der Waals surface area (Å²) in [4.78, 5) is 14.1. The molecule has 0 aliphatic heterocycles. The Morgan fingerprint density at radius 3 is 2.96 bits per heavy atom. The number of hydrogen-bond donors (Lipinski definition) is 1. The molecular formula is C19H19N3OS. The van der Waals surface area contributed by atoms with E-state index >= 15 is 0 Å². The lowest BCUT2D eigenvalue weighted by Crippen LogP contribution is -2.14. The standard InChI is InChI=1S/C19H19N3OS/c1-13-9-10-20-22(13)15-6-4-5-14(11-15)21-19(23)17-12-24-18-8-3-2-7-16(17)18/h4-6,9-12H,2-3,7-8H2,1H3,(H,21,23). The van der Waals surface area contributed by atoms with Gasteiger partial charge in [-0.15, -0.1) is 11.3 Å². The molecule has 2 heterocycles. The molecule has 0 atom stereocenters. The van der Waals surface area contributed by atoms with Crippen molar-refractivity contribution in [1.29, 1.82) is 0 Å². The molecule has 24 heavy (non-hydrogen) atoms. The number of carbonyl (C=O) groups is 1. The van der Waals surface area contributed by atoms with E-state index < -0.39 is 0 Å². The Hall–Kier alpha value is -2.40. The van der Waals surface area contributed by atoms with Gasteiger partial charge in [-0.3, -0.25) is 4.79 Å². The first-order chi connectivity index (χ1) is 11.7. The van der Waals surface area contributed by atoms with Crippen molar-refractivity contribution in [3.05, 3.63) is 63.6 Å². The number of thiophene rings is 1. The summed E-state index contributed by atoms with van der Waals surface area (Å²) >= 11 is 1.72. The predicted molar refractivity (Wildman–Crippen MR) is 97.2 cm³/mol. The van der Waals surface area contributed by atoms with Gasteiger partial charge in [-0.25, -0.2) is 4.68 Å². The fourth-order valence-corrected chi connectivity index (χ4v) is 4.36. The molecule has 122 valence electrons. The van der Waals surface area contributed by atoms with Crippen molar-refractivity contribution in [2.45, 2.75) is 32.6 Å². The van der Waals surface area contributed by atoms with E-state index in [-0.39, 0.29) is 5.91 Å². The van der Waals surface area contributed by atoms with Crippen molar-refractivity contribution in [3.63, 3.8) is 0 Å². The van der Waals surface area contributed by atoms with Gasteiger partial charge in [-0.1, -0.05) is 6.07 Å². The molecule has 0 unspecified atom stereocenters. The number of nitrogens with zero attached hydrogens (tertiary/aromatic N) is 2. The van der Waals surface area contributed by atoms with Crippen molar-refractivity contribution in [2.75, 3.05) is 5.32 Å². The van der Waals surface area contributed by atoms with Crippen LogP contribution in [0.2, 0.25) is 0 Å². The SMILES string of the molecule is Cc1ccnn1-c1cccc(NC(=O)c2csc3c2CCCC3)c1. The first kappa shape index (κ1) is 15.1. The largest absolute Gasteiger partial charge is 0.322 e. The van der Waals surface area contributed by atoms with E-state index in [0.717, 1.165) is 35.5 Å². The Morgan fingerprint density at radius 1 is 1.25 bits per heavy atom. The van der Waals surface area contributed by atoms with Gasteiger partial charge in [-0.05, 0) is 62.4 Å². The highest BCUT2D eigenvalue weighted by molar-refractivity contribution is 7.10. The van der Waals surface area contributed by atoms with E-state index in [1.165, 1.54) is 23.3 Å². The number of hydrogen-bond acceptors (Lipinski definition) is 3. The molecular weight excluding hydrogens is 318 g/mol. The van der Waals surface area contributed by atoms with Crippen LogP contribution >= 0.6 is 11.3 Å². The first-order valence-corrected chi connectivity index (χ1v) is 9.12. The van der Waals surface area contributed by atoms with Crippen molar-refractivity contribution < 1.29 is 4.79 Å². The van der Waals surface area contributed by atoms with Crippen LogP contribution in [0, 0.1) is 6.92 Å². The minimum Gasteiger partial charge on any atom is -0.322 e. The molecule has 1 amide bonds. The Morgan fingerprint density at radius 2 is 2.12 bits per heavy atom. The number of benzene rings is 1. The maximum atomic E-state index is 12.7. The van der Waals surface area contributed by atoms with Gasteiger partial charge >= 0.3 is 0 Å². The van der Waals surface area contributed by atoms with E-state index in [0.29, 0.717) is 0 Å². The Bertz CT molecular complexity index is 894. The molecule has 0 radical (unpaired) electrons. The quantitative estimate of drug-likeness (QED) is 0.771. The average molecular weight is 337 g/mol. The van der Waals surface area contributed by atoms with E-state index in [9.17, 15) is 4.79 Å². The van der Waals surface area contributed by atoms with Crippen molar-refractivity contribution in [2.24, 2.45) is 0 Å². The molecule has 0 spiro atoms. The number of fused-ring (bicyclic) bond motifs is 1. The van der Waals surface area contributed by atoms with Gasteiger partial charge in [0.2, 0.25) is 0 Å². The summed E-state index contributed by atoms with van der Waals surface area (Å²) in [5, 5.41) is 9.37. The van der Waals surface area contributed by atoms with Crippen molar-refractivity contribution in [1.82, 2.24) is 9.78 Å². The number of amides is 1. The lowest BCUT2D eigenvalue weighted by atomic mass is 9.95. The molecule has 5 heteroatoms. The molecule has 0 saturated carbocycles. The smallest absolute Gasteiger partial charge is 0.256 e. The number of aromatic nitrogens is 2. The summed E-state index contributed by atoms with van der Waals surface area (Å²) in [6.45, 7) is 2.01. The first-order valence-electron chi connectivity index (χ1n) is 8.24. The highest BCUT2D eigenvalue weighted by Gasteiger charge is 2.20. The van der Waals surface area contributed by atoms with E-state index in [4.69, 9.17) is 0 Å². The fourth-order valence-electron chi connectivity index (χ4n) is 3.24. The van der Waals surface area contributed by atoms with Gasteiger partial charge in [-0.2, -0.15) is 5.10 Å². The van der Waals surface area contributed by atoms with Crippen LogP contribution in [0.5, 0.6) is 0 Å². The molecule has 1 N–H and O–H groups in total. The van der Waals surface area contributed by atoms with Gasteiger partial charge in [0.05, 0.1) is 11.3 Å². The van der Waals surface area contributed by atoms with Crippen LogP contribution in [0.15, 0.2) is 41.9 Å². The predicted octanol–water partition coefficient (Wildman–Crippen LogP) is 4.37. The zero-order valence-corrected chi connectivity index (χ0v) is 14.4. The summed E-state index contributed by atoms with van der Waals surface area (Å²) in [5.41, 5.74) is 4.90. The number of nitrogens with one attached hydrogen (secondary N) is 1. The maximum absolute atomic E-state index is 12.7. The molecule has 1 aliphatic carbocycles. The van der Waals surface area contributed by atoms with Crippen LogP contribution in [0.25, 0.3) is 5.69 Å². The summed E-state index contributed by atoms with van der Waals surface area (Å²) < 4.78 is 1.86. The third kappa shape index (κ3) is 2.76. The summed E-state index contributed by atoms with van der Waals surface area (Å²) in [7, 11) is 0. The van der Waals surface area contributed by atoms with Crippen LogP contribution in [-0.2, 0) is 12.8 Å². The van der Waals surface area contributed by atoms with Crippen molar-refractivity contribution in [3.8, 4) is 5.69 Å². The molecule has 2 aromatic heterocycles. The minimum absolute atomic E-state index is 0.0104. The molecule has 4 nitrogen and oxygen atoms in total. The lowest BCUT2D eigenvalue weighted by Gasteiger charge is -2.13. The van der Waals surface area contributed by atoms with E-state index in [1.807, 2.05) is 47.3 Å². The van der Waals surface area contributed by atoms with Crippen LogP contribution in [0.1, 0.15) is 39.3 Å². The van der Waals surface area contributed by atoms with Crippen LogP contribution in [-0.4, -0.2) is 15.7 Å². The number of aryl methyl sites for hydroxylation is 2. The molecule has 1 aliphatic rings. The summed E-state index contributed by atoms with van der Waals surface area (Å²) in [5.74, 6) is -0.0104. The number of rotatable bonds is 3. The molecule has 0 saturated heterocycles. The summed E-state index contributed by atoms with van der Waals surface area (Å²) in [6, 6.07) is 9.76. The minimum atomic E-state index is -0.0104. The van der Waals surface area contributed by atoms with Crippen molar-refractivity contribution >= 4 is 22.9 Å². The second-order valence-corrected chi connectivity index (χ2v) is 7.11. The molecule has 0 bridgehead atoms. The third-order valence-corrected chi connectivity index (χ3v) is 5.58. The Kier molecular flexibility index (Phi) is 3.94. The highest BCUT2D eigenvalue weighted by atomic mass is 32.1. The van der Waals surface area contributed by atoms with E-state index in [2.05, 4.69) is 10.4 Å². The van der Waals surface area contributed by atoms with Crippen LogP contribution < -0.4 is 5.32 Å². The number of carbonyl (C=O) groups excluding carboxylic acids is 1. The molecule has 3 aromatic rings. The Balaban J connectivity index is 1.58. The maximum Gasteiger partial charge on any atom is 0.256 e. The third-order valence-electron chi connectivity index (χ3n) is 4.49. The molecule has 4 rings (SSSR count).